The van der Waals surface area contributed by atoms with Gasteiger partial charge in [-0.05, 0) is 63.1 Å². The number of aromatic nitrogens is 4. The Hall–Kier alpha value is -2.13. The molecule has 0 unspecified atom stereocenters. The van der Waals surface area contributed by atoms with Crippen LogP contribution in [0.1, 0.15) is 11.3 Å². The summed E-state index contributed by atoms with van der Waals surface area (Å²) in [6, 6.07) is 9.41. The van der Waals surface area contributed by atoms with Crippen LogP contribution >= 0.6 is 27.7 Å². The third kappa shape index (κ3) is 4.24. The summed E-state index contributed by atoms with van der Waals surface area (Å²) < 4.78 is 7.73. The number of tetrazole rings is 1. The van der Waals surface area contributed by atoms with Gasteiger partial charge in [-0.3, -0.25) is 4.79 Å². The highest BCUT2D eigenvalue weighted by Gasteiger charge is 2.12. The van der Waals surface area contributed by atoms with Crippen LogP contribution in [0.15, 0.2) is 50.6 Å². The van der Waals surface area contributed by atoms with Crippen LogP contribution in [-0.4, -0.2) is 31.9 Å². The molecule has 24 heavy (non-hydrogen) atoms. The Morgan fingerprint density at radius 2 is 2.29 bits per heavy atom. The summed E-state index contributed by atoms with van der Waals surface area (Å²) in [5.74, 6) is 0.827. The van der Waals surface area contributed by atoms with Gasteiger partial charge in [0.1, 0.15) is 12.3 Å². The molecule has 0 aliphatic carbocycles. The number of aryl methyl sites for hydroxylation is 1. The van der Waals surface area contributed by atoms with Crippen molar-refractivity contribution in [3.63, 3.8) is 0 Å². The van der Waals surface area contributed by atoms with Crippen molar-refractivity contribution in [2.24, 2.45) is 0 Å². The van der Waals surface area contributed by atoms with Gasteiger partial charge in [0.05, 0.1) is 17.7 Å². The van der Waals surface area contributed by atoms with Crippen LogP contribution in [0.5, 0.6) is 0 Å². The molecule has 0 bridgehead atoms. The zero-order valence-corrected chi connectivity index (χ0v) is 15.2. The van der Waals surface area contributed by atoms with E-state index in [1.54, 1.807) is 17.0 Å². The van der Waals surface area contributed by atoms with E-state index in [2.05, 4.69) is 36.8 Å². The Morgan fingerprint density at radius 1 is 1.42 bits per heavy atom. The lowest BCUT2D eigenvalue weighted by Gasteiger charge is -2.08. The van der Waals surface area contributed by atoms with Crippen molar-refractivity contribution < 1.29 is 9.21 Å². The van der Waals surface area contributed by atoms with E-state index in [1.165, 1.54) is 11.8 Å². The van der Waals surface area contributed by atoms with E-state index in [4.69, 9.17) is 4.42 Å². The summed E-state index contributed by atoms with van der Waals surface area (Å²) in [5, 5.41) is 14.9. The molecule has 0 aliphatic heterocycles. The fraction of sp³-hybridized carbons (Fsp3) is 0.200. The number of thioether (sulfide) groups is 1. The first-order valence-electron chi connectivity index (χ1n) is 7.09. The summed E-state index contributed by atoms with van der Waals surface area (Å²) in [6.07, 6.45) is 1.60. The topological polar surface area (TPSA) is 85.8 Å². The molecular formula is C15H14BrN5O2S. The van der Waals surface area contributed by atoms with Gasteiger partial charge in [-0.25, -0.2) is 4.68 Å². The molecule has 2 heterocycles. The first kappa shape index (κ1) is 16.7. The van der Waals surface area contributed by atoms with Crippen molar-refractivity contribution in [2.45, 2.75) is 18.6 Å². The predicted octanol–water partition coefficient (Wildman–Crippen LogP) is 3.12. The SMILES string of the molecule is Cc1ccc(NC(=O)CSc2nnnn2Cc2ccco2)c(Br)c1. The van der Waals surface area contributed by atoms with Gasteiger partial charge < -0.3 is 9.73 Å². The summed E-state index contributed by atoms with van der Waals surface area (Å²) in [4.78, 5) is 12.1. The number of amides is 1. The highest BCUT2D eigenvalue weighted by atomic mass is 79.9. The smallest absolute Gasteiger partial charge is 0.234 e. The Morgan fingerprint density at radius 3 is 3.04 bits per heavy atom. The van der Waals surface area contributed by atoms with E-state index in [1.807, 2.05) is 31.2 Å². The molecule has 7 nitrogen and oxygen atoms in total. The van der Waals surface area contributed by atoms with E-state index in [9.17, 15) is 4.79 Å². The van der Waals surface area contributed by atoms with Crippen molar-refractivity contribution in [1.29, 1.82) is 0 Å². The van der Waals surface area contributed by atoms with Gasteiger partial charge in [-0.15, -0.1) is 5.10 Å². The van der Waals surface area contributed by atoms with Gasteiger partial charge in [-0.2, -0.15) is 0 Å². The molecule has 0 atom stereocenters. The Kier molecular flexibility index (Phi) is 5.31. The van der Waals surface area contributed by atoms with Gasteiger partial charge in [0.25, 0.3) is 0 Å². The molecule has 3 aromatic rings. The number of nitrogens with one attached hydrogen (secondary N) is 1. The normalized spacial score (nSPS) is 10.8. The number of nitrogens with zero attached hydrogens (tertiary/aromatic N) is 4. The molecule has 3 rings (SSSR count). The standard InChI is InChI=1S/C15H14BrN5O2S/c1-10-4-5-13(12(16)7-10)17-14(22)9-24-15-18-19-20-21(15)8-11-3-2-6-23-11/h2-7H,8-9H2,1H3,(H,17,22). The highest BCUT2D eigenvalue weighted by molar-refractivity contribution is 9.10. The molecule has 124 valence electrons. The highest BCUT2D eigenvalue weighted by Crippen LogP contribution is 2.24. The zero-order valence-electron chi connectivity index (χ0n) is 12.8. The maximum absolute atomic E-state index is 12.1. The number of furan rings is 1. The molecule has 0 aliphatic rings. The second-order valence-electron chi connectivity index (χ2n) is 5.02. The van der Waals surface area contributed by atoms with Crippen LogP contribution < -0.4 is 5.32 Å². The van der Waals surface area contributed by atoms with E-state index in [0.717, 1.165) is 21.5 Å². The number of hydrogen-bond acceptors (Lipinski definition) is 6. The molecule has 1 N–H and O–H groups in total. The van der Waals surface area contributed by atoms with Crippen molar-refractivity contribution in [3.05, 3.63) is 52.4 Å². The van der Waals surface area contributed by atoms with E-state index in [-0.39, 0.29) is 11.7 Å². The van der Waals surface area contributed by atoms with E-state index >= 15 is 0 Å². The van der Waals surface area contributed by atoms with Crippen molar-refractivity contribution in [1.82, 2.24) is 20.2 Å². The van der Waals surface area contributed by atoms with Crippen LogP contribution in [0.4, 0.5) is 5.69 Å². The van der Waals surface area contributed by atoms with Crippen LogP contribution in [0, 0.1) is 6.92 Å². The molecule has 2 aromatic heterocycles. The van der Waals surface area contributed by atoms with E-state index < -0.39 is 0 Å². The summed E-state index contributed by atoms with van der Waals surface area (Å²) in [6.45, 7) is 2.42. The molecule has 0 radical (unpaired) electrons. The van der Waals surface area contributed by atoms with Crippen molar-refractivity contribution in [3.8, 4) is 0 Å². The number of carbonyl (C=O) groups is 1. The Labute approximate surface area is 150 Å². The molecule has 0 saturated heterocycles. The monoisotopic (exact) mass is 407 g/mol. The minimum Gasteiger partial charge on any atom is -0.467 e. The minimum atomic E-state index is -0.128. The largest absolute Gasteiger partial charge is 0.467 e. The molecule has 0 saturated carbocycles. The van der Waals surface area contributed by atoms with Gasteiger partial charge in [0, 0.05) is 4.47 Å². The van der Waals surface area contributed by atoms with Crippen LogP contribution in [-0.2, 0) is 11.3 Å². The number of benzene rings is 1. The number of rotatable bonds is 6. The average molecular weight is 408 g/mol. The Bertz CT molecular complexity index is 834. The molecule has 0 fully saturated rings. The maximum Gasteiger partial charge on any atom is 0.234 e. The molecule has 1 amide bonds. The van der Waals surface area contributed by atoms with Gasteiger partial charge in [0.2, 0.25) is 11.1 Å². The molecule has 9 heteroatoms. The second-order valence-corrected chi connectivity index (χ2v) is 6.82. The lowest BCUT2D eigenvalue weighted by molar-refractivity contribution is -0.113. The lowest BCUT2D eigenvalue weighted by Crippen LogP contribution is -2.15. The first-order valence-corrected chi connectivity index (χ1v) is 8.87. The second kappa shape index (κ2) is 7.63. The third-order valence-corrected chi connectivity index (χ3v) is 4.73. The third-order valence-electron chi connectivity index (χ3n) is 3.12. The summed E-state index contributed by atoms with van der Waals surface area (Å²) in [5.41, 5.74) is 1.85. The summed E-state index contributed by atoms with van der Waals surface area (Å²) in [7, 11) is 0. The molecule has 1 aromatic carbocycles. The van der Waals surface area contributed by atoms with Crippen LogP contribution in [0.3, 0.4) is 0 Å². The fourth-order valence-corrected chi connectivity index (χ4v) is 3.26. The first-order chi connectivity index (χ1) is 11.6. The lowest BCUT2D eigenvalue weighted by atomic mass is 10.2. The molecule has 0 spiro atoms. The van der Waals surface area contributed by atoms with E-state index in [0.29, 0.717) is 11.7 Å². The maximum atomic E-state index is 12.1. The summed E-state index contributed by atoms with van der Waals surface area (Å²) >= 11 is 4.71. The zero-order chi connectivity index (χ0) is 16.9. The van der Waals surface area contributed by atoms with Crippen LogP contribution in [0.2, 0.25) is 0 Å². The van der Waals surface area contributed by atoms with Crippen molar-refractivity contribution in [2.75, 3.05) is 11.1 Å². The van der Waals surface area contributed by atoms with Gasteiger partial charge >= 0.3 is 0 Å². The Balaban J connectivity index is 1.58. The molecular weight excluding hydrogens is 394 g/mol. The average Bonchev–Trinajstić information content (AvgIpc) is 3.20. The quantitative estimate of drug-likeness (QED) is 0.631. The van der Waals surface area contributed by atoms with Crippen molar-refractivity contribution >= 4 is 39.3 Å². The predicted molar refractivity (Wildman–Crippen MR) is 93.9 cm³/mol. The number of carbonyl (C=O) groups excluding carboxylic acids is 1. The van der Waals surface area contributed by atoms with Crippen LogP contribution in [0.25, 0.3) is 0 Å². The van der Waals surface area contributed by atoms with Gasteiger partial charge in [0.15, 0.2) is 0 Å². The number of anilines is 1. The minimum absolute atomic E-state index is 0.128. The number of halogens is 1. The number of hydrogen-bond donors (Lipinski definition) is 1. The van der Waals surface area contributed by atoms with Gasteiger partial charge in [-0.1, -0.05) is 17.8 Å². The fourth-order valence-electron chi connectivity index (χ4n) is 1.99.